The highest BCUT2D eigenvalue weighted by atomic mass is 35.5. The number of hydrogen-bond donors (Lipinski definition) is 1. The van der Waals surface area contributed by atoms with Crippen molar-refractivity contribution >= 4 is 34.8 Å². The minimum absolute atomic E-state index is 0.161. The molecule has 126 valence electrons. The van der Waals surface area contributed by atoms with Gasteiger partial charge in [-0.3, -0.25) is 9.59 Å². The highest BCUT2D eigenvalue weighted by Crippen LogP contribution is 2.35. The van der Waals surface area contributed by atoms with Crippen molar-refractivity contribution in [1.82, 2.24) is 4.90 Å². The van der Waals surface area contributed by atoms with Gasteiger partial charge in [-0.1, -0.05) is 23.7 Å². The van der Waals surface area contributed by atoms with Gasteiger partial charge >= 0.3 is 5.97 Å². The zero-order chi connectivity index (χ0) is 17.3. The summed E-state index contributed by atoms with van der Waals surface area (Å²) in [5, 5.41) is 11.9. The topological polar surface area (TPSA) is 66.8 Å². The van der Waals surface area contributed by atoms with Crippen LogP contribution in [0.3, 0.4) is 0 Å². The Balaban J connectivity index is 1.83. The van der Waals surface area contributed by atoms with Gasteiger partial charge in [0.25, 0.3) is 5.91 Å². The molecule has 0 radical (unpaired) electrons. The van der Waals surface area contributed by atoms with E-state index in [1.807, 2.05) is 12.1 Å². The second-order valence-corrected chi connectivity index (χ2v) is 7.01. The second-order valence-electron chi connectivity index (χ2n) is 5.66. The van der Waals surface area contributed by atoms with E-state index in [1.54, 1.807) is 35.6 Å². The highest BCUT2D eigenvalue weighted by molar-refractivity contribution is 7.12. The lowest BCUT2D eigenvalue weighted by atomic mass is 9.89. The van der Waals surface area contributed by atoms with Crippen LogP contribution in [-0.4, -0.2) is 42.1 Å². The third-order valence-electron chi connectivity index (χ3n) is 4.24. The fourth-order valence-electron chi connectivity index (χ4n) is 2.96. The quantitative estimate of drug-likeness (QED) is 0.902. The Morgan fingerprint density at radius 1 is 1.29 bits per heavy atom. The van der Waals surface area contributed by atoms with Crippen LogP contribution in [0.1, 0.15) is 21.2 Å². The maximum atomic E-state index is 12.6. The summed E-state index contributed by atoms with van der Waals surface area (Å²) < 4.78 is 5.10. The van der Waals surface area contributed by atoms with E-state index in [-0.39, 0.29) is 18.4 Å². The van der Waals surface area contributed by atoms with E-state index in [0.717, 1.165) is 5.56 Å². The predicted octanol–water partition coefficient (Wildman–Crippen LogP) is 3.35. The van der Waals surface area contributed by atoms with Crippen LogP contribution in [0.15, 0.2) is 35.7 Å². The van der Waals surface area contributed by atoms with Gasteiger partial charge in [0.2, 0.25) is 0 Å². The Hall–Kier alpha value is -2.05. The molecule has 1 aromatic heterocycles. The van der Waals surface area contributed by atoms with E-state index in [0.29, 0.717) is 22.2 Å². The lowest BCUT2D eigenvalue weighted by Gasteiger charge is -2.15. The van der Waals surface area contributed by atoms with Crippen LogP contribution in [0.5, 0.6) is 5.75 Å². The lowest BCUT2D eigenvalue weighted by Crippen LogP contribution is -2.29. The van der Waals surface area contributed by atoms with Gasteiger partial charge < -0.3 is 14.7 Å². The fraction of sp³-hybridized carbons (Fsp3) is 0.294. The summed E-state index contributed by atoms with van der Waals surface area (Å²) in [6, 6.07) is 8.81. The summed E-state index contributed by atoms with van der Waals surface area (Å²) in [6.07, 6.45) is 0. The smallest absolute Gasteiger partial charge is 0.308 e. The standard InChI is InChI=1S/C17H16ClNO4S/c1-23-12-6-15(24-9-12)16(20)19-7-13(14(8-19)17(21)22)10-2-4-11(18)5-3-10/h2-6,9,13-14H,7-8H2,1H3,(H,21,22)/t13-,14+/m0/s1. The second kappa shape index (κ2) is 6.83. The van der Waals surface area contributed by atoms with Crippen molar-refractivity contribution in [2.75, 3.05) is 20.2 Å². The molecule has 0 bridgehead atoms. The van der Waals surface area contributed by atoms with Crippen LogP contribution in [0.25, 0.3) is 0 Å². The number of carbonyl (C=O) groups excluding carboxylic acids is 1. The number of benzene rings is 1. The van der Waals surface area contributed by atoms with Crippen molar-refractivity contribution in [3.05, 3.63) is 51.2 Å². The predicted molar refractivity (Wildman–Crippen MR) is 92.1 cm³/mol. The maximum absolute atomic E-state index is 12.6. The number of carboxylic acid groups (broad SMARTS) is 1. The maximum Gasteiger partial charge on any atom is 0.308 e. The number of hydrogen-bond acceptors (Lipinski definition) is 4. The lowest BCUT2D eigenvalue weighted by molar-refractivity contribution is -0.141. The summed E-state index contributed by atoms with van der Waals surface area (Å²) in [4.78, 5) is 26.4. The molecule has 0 saturated carbocycles. The van der Waals surface area contributed by atoms with Crippen LogP contribution < -0.4 is 4.74 Å². The zero-order valence-corrected chi connectivity index (χ0v) is 14.5. The van der Waals surface area contributed by atoms with Crippen LogP contribution in [0.2, 0.25) is 5.02 Å². The van der Waals surface area contributed by atoms with Gasteiger partial charge in [-0.05, 0) is 17.7 Å². The Labute approximate surface area is 148 Å². The molecule has 2 atom stereocenters. The number of halogens is 1. The van der Waals surface area contributed by atoms with Crippen LogP contribution in [-0.2, 0) is 4.79 Å². The van der Waals surface area contributed by atoms with E-state index in [4.69, 9.17) is 16.3 Å². The van der Waals surface area contributed by atoms with Crippen LogP contribution >= 0.6 is 22.9 Å². The van der Waals surface area contributed by atoms with Crippen molar-refractivity contribution in [2.45, 2.75) is 5.92 Å². The number of methoxy groups -OCH3 is 1. The average Bonchev–Trinajstić information content (AvgIpc) is 3.22. The molecular weight excluding hydrogens is 350 g/mol. The van der Waals surface area contributed by atoms with Crippen molar-refractivity contribution in [2.24, 2.45) is 5.92 Å². The first-order valence-electron chi connectivity index (χ1n) is 7.39. The Kier molecular flexibility index (Phi) is 4.78. The molecule has 1 aromatic carbocycles. The van der Waals surface area contributed by atoms with E-state index in [2.05, 4.69) is 0 Å². The van der Waals surface area contributed by atoms with E-state index in [1.165, 1.54) is 11.3 Å². The largest absolute Gasteiger partial charge is 0.496 e. The Bertz CT molecular complexity index is 758. The van der Waals surface area contributed by atoms with Crippen molar-refractivity contribution < 1.29 is 19.4 Å². The molecule has 1 amide bonds. The number of likely N-dealkylation sites (tertiary alicyclic amines) is 1. The molecule has 0 aliphatic carbocycles. The van der Waals surface area contributed by atoms with Gasteiger partial charge in [0, 0.05) is 35.5 Å². The van der Waals surface area contributed by atoms with Crippen molar-refractivity contribution in [1.29, 1.82) is 0 Å². The van der Waals surface area contributed by atoms with Crippen molar-refractivity contribution in [3.63, 3.8) is 0 Å². The fourth-order valence-corrected chi connectivity index (χ4v) is 3.91. The number of carbonyl (C=O) groups is 2. The average molecular weight is 366 g/mol. The third kappa shape index (κ3) is 3.25. The number of aliphatic carboxylic acids is 1. The van der Waals surface area contributed by atoms with E-state index in [9.17, 15) is 14.7 Å². The van der Waals surface area contributed by atoms with Gasteiger partial charge in [-0.15, -0.1) is 11.3 Å². The number of amides is 1. The number of rotatable bonds is 4. The van der Waals surface area contributed by atoms with Crippen LogP contribution in [0, 0.1) is 5.92 Å². The van der Waals surface area contributed by atoms with Crippen molar-refractivity contribution in [3.8, 4) is 5.75 Å². The number of ether oxygens (including phenoxy) is 1. The minimum atomic E-state index is -0.894. The molecule has 1 N–H and O–H groups in total. The van der Waals surface area contributed by atoms with Gasteiger partial charge in [0.05, 0.1) is 17.9 Å². The summed E-state index contributed by atoms with van der Waals surface area (Å²) in [6.45, 7) is 0.569. The summed E-state index contributed by atoms with van der Waals surface area (Å²) in [5.74, 6) is -1.30. The Morgan fingerprint density at radius 2 is 2.00 bits per heavy atom. The molecular formula is C17H16ClNO4S. The molecule has 0 spiro atoms. The normalized spacial score (nSPS) is 20.2. The number of carboxylic acids is 1. The SMILES string of the molecule is COc1csc(C(=O)N2C[C@@H](C(=O)O)[C@H](c3ccc(Cl)cc3)C2)c1. The molecule has 2 aromatic rings. The first-order chi connectivity index (χ1) is 11.5. The number of thiophene rings is 1. The third-order valence-corrected chi connectivity index (χ3v) is 5.39. The van der Waals surface area contributed by atoms with Crippen LogP contribution in [0.4, 0.5) is 0 Å². The molecule has 2 heterocycles. The highest BCUT2D eigenvalue weighted by Gasteiger charge is 2.40. The summed E-state index contributed by atoms with van der Waals surface area (Å²) >= 11 is 7.20. The molecule has 5 nitrogen and oxygen atoms in total. The first-order valence-corrected chi connectivity index (χ1v) is 8.65. The zero-order valence-electron chi connectivity index (χ0n) is 12.9. The van der Waals surface area contributed by atoms with Gasteiger partial charge in [0.1, 0.15) is 5.75 Å². The molecule has 24 heavy (non-hydrogen) atoms. The van der Waals surface area contributed by atoms with Gasteiger partial charge in [-0.25, -0.2) is 0 Å². The van der Waals surface area contributed by atoms with Gasteiger partial charge in [-0.2, -0.15) is 0 Å². The monoisotopic (exact) mass is 365 g/mol. The molecule has 1 fully saturated rings. The minimum Gasteiger partial charge on any atom is -0.496 e. The molecule has 1 aliphatic rings. The molecule has 1 saturated heterocycles. The summed E-state index contributed by atoms with van der Waals surface area (Å²) in [5.41, 5.74) is 0.880. The molecule has 0 unspecified atom stereocenters. The summed E-state index contributed by atoms with van der Waals surface area (Å²) in [7, 11) is 1.54. The van der Waals surface area contributed by atoms with Gasteiger partial charge in [0.15, 0.2) is 0 Å². The Morgan fingerprint density at radius 3 is 2.58 bits per heavy atom. The first kappa shape index (κ1) is 16.8. The molecule has 3 rings (SSSR count). The molecule has 7 heteroatoms. The van der Waals surface area contributed by atoms with E-state index >= 15 is 0 Å². The van der Waals surface area contributed by atoms with E-state index < -0.39 is 11.9 Å². The molecule has 1 aliphatic heterocycles. The number of nitrogens with zero attached hydrogens (tertiary/aromatic N) is 1.